The van der Waals surface area contributed by atoms with E-state index >= 15 is 0 Å². The molecule has 0 aromatic rings. The summed E-state index contributed by atoms with van der Waals surface area (Å²) in [6.45, 7) is 4.36. The van der Waals surface area contributed by atoms with Crippen LogP contribution in [-0.4, -0.2) is 23.4 Å². The van der Waals surface area contributed by atoms with Crippen LogP contribution in [0.15, 0.2) is 12.2 Å². The molecule has 0 spiro atoms. The molecule has 0 bridgehead atoms. The van der Waals surface area contributed by atoms with Gasteiger partial charge in [0.25, 0.3) is 0 Å². The highest BCUT2D eigenvalue weighted by Crippen LogP contribution is 2.47. The van der Waals surface area contributed by atoms with Crippen molar-refractivity contribution in [3.8, 4) is 0 Å². The second-order valence-electron chi connectivity index (χ2n) is 4.32. The molecule has 1 aliphatic carbocycles. The minimum Gasteiger partial charge on any atom is -0.396 e. The Morgan fingerprint density at radius 2 is 1.33 bits per heavy atom. The van der Waals surface area contributed by atoms with Crippen LogP contribution in [0, 0.1) is 10.8 Å². The number of hydrogen-bond acceptors (Lipinski definition) is 2. The molecule has 2 N–H and O–H groups in total. The number of hydrogen-bond donors (Lipinski definition) is 2. The second-order valence-corrected chi connectivity index (χ2v) is 4.32. The number of aliphatic hydroxyl groups excluding tert-OH is 2. The summed E-state index contributed by atoms with van der Waals surface area (Å²) in [4.78, 5) is 0. The van der Waals surface area contributed by atoms with Crippen molar-refractivity contribution >= 4 is 0 Å². The van der Waals surface area contributed by atoms with Crippen LogP contribution in [0.2, 0.25) is 0 Å². The van der Waals surface area contributed by atoms with Gasteiger partial charge >= 0.3 is 0 Å². The fraction of sp³-hybridized carbons (Fsp3) is 0.800. The fourth-order valence-corrected chi connectivity index (χ4v) is 1.69. The molecule has 0 fully saturated rings. The summed E-state index contributed by atoms with van der Waals surface area (Å²) in [7, 11) is 0. The van der Waals surface area contributed by atoms with Gasteiger partial charge in [0.05, 0.1) is 0 Å². The van der Waals surface area contributed by atoms with Crippen molar-refractivity contribution in [3.05, 3.63) is 12.2 Å². The predicted molar refractivity (Wildman–Crippen MR) is 48.8 cm³/mol. The Balaban J connectivity index is 2.90. The SMILES string of the molecule is C[C@]1(CO)CC=CC[C@@]1(C)CO. The Labute approximate surface area is 73.9 Å². The molecule has 0 aromatic carbocycles. The summed E-state index contributed by atoms with van der Waals surface area (Å²) in [5.74, 6) is 0. The standard InChI is InChI=1S/C10H18O2/c1-9(7-11)5-3-4-6-10(9,2)8-12/h3-4,11-12H,5-8H2,1-2H3/t9-,10+. The Morgan fingerprint density at radius 1 is 1.00 bits per heavy atom. The van der Waals surface area contributed by atoms with Crippen molar-refractivity contribution in [1.29, 1.82) is 0 Å². The summed E-state index contributed by atoms with van der Waals surface area (Å²) >= 11 is 0. The Kier molecular flexibility index (Phi) is 2.59. The van der Waals surface area contributed by atoms with E-state index in [1.807, 2.05) is 13.8 Å². The molecule has 0 saturated carbocycles. The zero-order valence-corrected chi connectivity index (χ0v) is 7.88. The molecule has 12 heavy (non-hydrogen) atoms. The maximum atomic E-state index is 9.27. The lowest BCUT2D eigenvalue weighted by atomic mass is 9.60. The van der Waals surface area contributed by atoms with Crippen LogP contribution < -0.4 is 0 Å². The lowest BCUT2D eigenvalue weighted by Gasteiger charge is -2.46. The third-order valence-corrected chi connectivity index (χ3v) is 3.46. The van der Waals surface area contributed by atoms with Crippen molar-refractivity contribution in [2.75, 3.05) is 13.2 Å². The van der Waals surface area contributed by atoms with E-state index in [2.05, 4.69) is 12.2 Å². The molecule has 1 aliphatic rings. The van der Waals surface area contributed by atoms with E-state index in [0.29, 0.717) is 0 Å². The van der Waals surface area contributed by atoms with Gasteiger partial charge in [-0.05, 0) is 12.8 Å². The highest BCUT2D eigenvalue weighted by atomic mass is 16.3. The van der Waals surface area contributed by atoms with Gasteiger partial charge in [0.15, 0.2) is 0 Å². The van der Waals surface area contributed by atoms with Gasteiger partial charge in [0.1, 0.15) is 0 Å². The molecule has 1 rings (SSSR count). The lowest BCUT2D eigenvalue weighted by molar-refractivity contribution is -0.0335. The number of aliphatic hydroxyl groups is 2. The van der Waals surface area contributed by atoms with Gasteiger partial charge in [0, 0.05) is 24.0 Å². The molecule has 0 saturated heterocycles. The smallest absolute Gasteiger partial charge is 0.0493 e. The number of rotatable bonds is 2. The summed E-state index contributed by atoms with van der Waals surface area (Å²) in [6.07, 6.45) is 5.91. The average molecular weight is 170 g/mol. The Bertz CT molecular complexity index is 168. The molecular formula is C10H18O2. The first-order valence-corrected chi connectivity index (χ1v) is 4.45. The molecule has 0 aromatic heterocycles. The van der Waals surface area contributed by atoms with Gasteiger partial charge in [-0.3, -0.25) is 0 Å². The van der Waals surface area contributed by atoms with Crippen LogP contribution in [0.4, 0.5) is 0 Å². The van der Waals surface area contributed by atoms with E-state index in [9.17, 15) is 10.2 Å². The summed E-state index contributed by atoms with van der Waals surface area (Å²) in [5.41, 5.74) is -0.312. The van der Waals surface area contributed by atoms with Crippen LogP contribution in [-0.2, 0) is 0 Å². The minimum absolute atomic E-state index is 0.147. The van der Waals surface area contributed by atoms with Gasteiger partial charge in [-0.25, -0.2) is 0 Å². The van der Waals surface area contributed by atoms with Gasteiger partial charge in [-0.15, -0.1) is 0 Å². The molecular weight excluding hydrogens is 152 g/mol. The van der Waals surface area contributed by atoms with Crippen LogP contribution >= 0.6 is 0 Å². The molecule has 0 amide bonds. The third-order valence-electron chi connectivity index (χ3n) is 3.46. The second kappa shape index (κ2) is 3.19. The lowest BCUT2D eigenvalue weighted by Crippen LogP contribution is -2.44. The minimum atomic E-state index is -0.156. The first kappa shape index (κ1) is 9.75. The van der Waals surface area contributed by atoms with Crippen LogP contribution in [0.1, 0.15) is 26.7 Å². The first-order valence-electron chi connectivity index (χ1n) is 4.45. The summed E-state index contributed by atoms with van der Waals surface area (Å²) < 4.78 is 0. The van der Waals surface area contributed by atoms with Crippen LogP contribution in [0.3, 0.4) is 0 Å². The normalized spacial score (nSPS) is 41.7. The quantitative estimate of drug-likeness (QED) is 0.614. The molecule has 0 radical (unpaired) electrons. The molecule has 2 atom stereocenters. The van der Waals surface area contributed by atoms with E-state index in [1.54, 1.807) is 0 Å². The summed E-state index contributed by atoms with van der Waals surface area (Å²) in [6, 6.07) is 0. The first-order chi connectivity index (χ1) is 5.58. The molecule has 0 aliphatic heterocycles. The monoisotopic (exact) mass is 170 g/mol. The average Bonchev–Trinajstić information content (AvgIpc) is 2.10. The van der Waals surface area contributed by atoms with Gasteiger partial charge in [-0.1, -0.05) is 26.0 Å². The van der Waals surface area contributed by atoms with Crippen molar-refractivity contribution in [1.82, 2.24) is 0 Å². The zero-order chi connectivity index (χ0) is 9.24. The van der Waals surface area contributed by atoms with Gasteiger partial charge in [-0.2, -0.15) is 0 Å². The van der Waals surface area contributed by atoms with E-state index in [4.69, 9.17) is 0 Å². The Morgan fingerprint density at radius 3 is 1.58 bits per heavy atom. The number of allylic oxidation sites excluding steroid dienone is 2. The molecule has 2 nitrogen and oxygen atoms in total. The fourth-order valence-electron chi connectivity index (χ4n) is 1.69. The largest absolute Gasteiger partial charge is 0.396 e. The van der Waals surface area contributed by atoms with Crippen LogP contribution in [0.5, 0.6) is 0 Å². The topological polar surface area (TPSA) is 40.5 Å². The van der Waals surface area contributed by atoms with Crippen molar-refractivity contribution in [2.24, 2.45) is 10.8 Å². The van der Waals surface area contributed by atoms with Crippen molar-refractivity contribution in [3.63, 3.8) is 0 Å². The van der Waals surface area contributed by atoms with E-state index in [1.165, 1.54) is 0 Å². The van der Waals surface area contributed by atoms with Crippen molar-refractivity contribution in [2.45, 2.75) is 26.7 Å². The maximum absolute atomic E-state index is 9.27. The van der Waals surface area contributed by atoms with E-state index < -0.39 is 0 Å². The molecule has 70 valence electrons. The Hall–Kier alpha value is -0.340. The maximum Gasteiger partial charge on any atom is 0.0493 e. The van der Waals surface area contributed by atoms with Gasteiger partial charge in [0.2, 0.25) is 0 Å². The third kappa shape index (κ3) is 1.29. The highest BCUT2D eigenvalue weighted by molar-refractivity contribution is 5.06. The van der Waals surface area contributed by atoms with Crippen LogP contribution in [0.25, 0.3) is 0 Å². The van der Waals surface area contributed by atoms with Gasteiger partial charge < -0.3 is 10.2 Å². The molecule has 0 heterocycles. The van der Waals surface area contributed by atoms with E-state index in [-0.39, 0.29) is 24.0 Å². The highest BCUT2D eigenvalue weighted by Gasteiger charge is 2.43. The van der Waals surface area contributed by atoms with Crippen molar-refractivity contribution < 1.29 is 10.2 Å². The molecule has 0 unspecified atom stereocenters. The molecule has 2 heteroatoms. The summed E-state index contributed by atoms with van der Waals surface area (Å²) in [5, 5.41) is 18.5. The predicted octanol–water partition coefficient (Wildman–Crippen LogP) is 1.33. The zero-order valence-electron chi connectivity index (χ0n) is 7.88. The van der Waals surface area contributed by atoms with E-state index in [0.717, 1.165) is 12.8 Å².